The van der Waals surface area contributed by atoms with Crippen molar-refractivity contribution >= 4 is 34.4 Å². The fourth-order valence-corrected chi connectivity index (χ4v) is 4.96. The molecule has 1 aromatic heterocycles. The molecule has 4 rings (SSSR count). The monoisotopic (exact) mass is 438 g/mol. The van der Waals surface area contributed by atoms with Gasteiger partial charge in [0, 0.05) is 41.5 Å². The summed E-state index contributed by atoms with van der Waals surface area (Å²) in [6, 6.07) is 14.6. The van der Waals surface area contributed by atoms with E-state index in [2.05, 4.69) is 46.7 Å². The van der Waals surface area contributed by atoms with E-state index in [-0.39, 0.29) is 5.75 Å². The van der Waals surface area contributed by atoms with Crippen LogP contribution in [0.15, 0.2) is 54.7 Å². The lowest BCUT2D eigenvalue weighted by molar-refractivity contribution is 0.143. The maximum atomic E-state index is 10.9. The van der Waals surface area contributed by atoms with Crippen LogP contribution in [0.3, 0.4) is 0 Å². The highest BCUT2D eigenvalue weighted by Crippen LogP contribution is 2.35. The Kier molecular flexibility index (Phi) is 6.84. The van der Waals surface area contributed by atoms with Crippen molar-refractivity contribution in [2.24, 2.45) is 0 Å². The molecule has 0 aliphatic carbocycles. The molecule has 0 spiro atoms. The van der Waals surface area contributed by atoms with Crippen molar-refractivity contribution in [3.63, 3.8) is 0 Å². The molecule has 0 saturated carbocycles. The summed E-state index contributed by atoms with van der Waals surface area (Å²) < 4.78 is 10.1. The van der Waals surface area contributed by atoms with Gasteiger partial charge < -0.3 is 24.9 Å². The lowest BCUT2D eigenvalue weighted by Gasteiger charge is -2.24. The number of aromatic amines is 1. The number of hydrogen-bond donors (Lipinski definition) is 3. The fraction of sp³-hybridized carbons (Fsp3) is 0.292. The summed E-state index contributed by atoms with van der Waals surface area (Å²) in [4.78, 5) is 14.1. The van der Waals surface area contributed by atoms with Crippen molar-refractivity contribution in [3.05, 3.63) is 65.9 Å². The Labute approximate surface area is 185 Å². The maximum Gasteiger partial charge on any atom is 0.511 e. The minimum atomic E-state index is -1.36. The number of ether oxygens (including phenoxy) is 2. The normalized spacial score (nSPS) is 16.2. The standard InChI is InChI=1S/C24H26N2O4S/c1-29-22-12-20-18(14-26-21(20)13-23(22)30-24(27)28)15-31-10-8-19-11-17(7-9-25-19)16-5-3-2-4-6-16/h2-7,12-14,19,25-26H,8-11,15H2,1H3,(H,27,28). The molecule has 0 amide bonds. The predicted molar refractivity (Wildman–Crippen MR) is 125 cm³/mol. The molecule has 6 nitrogen and oxygen atoms in total. The second kappa shape index (κ2) is 9.94. The van der Waals surface area contributed by atoms with Gasteiger partial charge in [-0.15, -0.1) is 0 Å². The van der Waals surface area contributed by atoms with E-state index in [0.717, 1.165) is 41.8 Å². The van der Waals surface area contributed by atoms with E-state index in [0.29, 0.717) is 11.8 Å². The molecule has 0 saturated heterocycles. The molecule has 3 aromatic rings. The van der Waals surface area contributed by atoms with Crippen molar-refractivity contribution in [2.45, 2.75) is 24.6 Å². The highest BCUT2D eigenvalue weighted by atomic mass is 32.2. The van der Waals surface area contributed by atoms with E-state index < -0.39 is 6.16 Å². The second-order valence-corrected chi connectivity index (χ2v) is 8.58. The summed E-state index contributed by atoms with van der Waals surface area (Å²) in [5.74, 6) is 2.53. The Hall–Kier alpha value is -2.90. The predicted octanol–water partition coefficient (Wildman–Crippen LogP) is 5.30. The summed E-state index contributed by atoms with van der Waals surface area (Å²) in [6.07, 6.45) is 5.07. The zero-order valence-electron chi connectivity index (χ0n) is 17.4. The first kappa shape index (κ1) is 21.3. The number of carbonyl (C=O) groups is 1. The maximum absolute atomic E-state index is 10.9. The van der Waals surface area contributed by atoms with Crippen LogP contribution < -0.4 is 14.8 Å². The summed E-state index contributed by atoms with van der Waals surface area (Å²) in [5.41, 5.74) is 4.75. The van der Waals surface area contributed by atoms with Crippen molar-refractivity contribution in [1.29, 1.82) is 0 Å². The van der Waals surface area contributed by atoms with Crippen molar-refractivity contribution < 1.29 is 19.4 Å². The van der Waals surface area contributed by atoms with Gasteiger partial charge in [0.2, 0.25) is 0 Å². The van der Waals surface area contributed by atoms with Gasteiger partial charge in [0.15, 0.2) is 11.5 Å². The van der Waals surface area contributed by atoms with Crippen LogP contribution in [-0.2, 0) is 5.75 Å². The summed E-state index contributed by atoms with van der Waals surface area (Å²) >= 11 is 1.90. The van der Waals surface area contributed by atoms with Crippen LogP contribution in [-0.4, -0.2) is 41.7 Å². The third kappa shape index (κ3) is 5.24. The van der Waals surface area contributed by atoms with Gasteiger partial charge in [-0.1, -0.05) is 36.4 Å². The van der Waals surface area contributed by atoms with Crippen LogP contribution in [0.4, 0.5) is 4.79 Å². The Morgan fingerprint density at radius 1 is 1.23 bits per heavy atom. The smallest absolute Gasteiger partial charge is 0.493 e. The van der Waals surface area contributed by atoms with Crippen LogP contribution in [0, 0.1) is 0 Å². The SMILES string of the molecule is COc1cc2c(CSCCC3CC(c4ccccc4)=CCN3)c[nH]c2cc1OC(=O)O. The average Bonchev–Trinajstić information content (AvgIpc) is 3.18. The molecule has 0 radical (unpaired) electrons. The molecular formula is C24H26N2O4S. The van der Waals surface area contributed by atoms with E-state index >= 15 is 0 Å². The third-order valence-electron chi connectivity index (χ3n) is 5.48. The number of fused-ring (bicyclic) bond motifs is 1. The molecule has 7 heteroatoms. The highest BCUT2D eigenvalue weighted by Gasteiger charge is 2.17. The molecule has 31 heavy (non-hydrogen) atoms. The quantitative estimate of drug-likeness (QED) is 0.251. The summed E-state index contributed by atoms with van der Waals surface area (Å²) in [5, 5.41) is 13.5. The van der Waals surface area contributed by atoms with Crippen LogP contribution in [0.2, 0.25) is 0 Å². The Balaban J connectivity index is 1.33. The molecule has 2 aromatic carbocycles. The number of methoxy groups -OCH3 is 1. The van der Waals surface area contributed by atoms with Crippen LogP contribution in [0.5, 0.6) is 11.5 Å². The number of thioether (sulfide) groups is 1. The highest BCUT2D eigenvalue weighted by molar-refractivity contribution is 7.98. The van der Waals surface area contributed by atoms with Crippen LogP contribution in [0.1, 0.15) is 24.0 Å². The summed E-state index contributed by atoms with van der Waals surface area (Å²) in [6.45, 7) is 0.919. The molecule has 3 N–H and O–H groups in total. The zero-order valence-corrected chi connectivity index (χ0v) is 18.2. The summed E-state index contributed by atoms with van der Waals surface area (Å²) in [7, 11) is 1.51. The molecule has 0 fully saturated rings. The van der Waals surface area contributed by atoms with E-state index in [1.54, 1.807) is 6.07 Å². The second-order valence-electron chi connectivity index (χ2n) is 7.48. The minimum absolute atomic E-state index is 0.189. The number of benzene rings is 2. The van der Waals surface area contributed by atoms with Gasteiger partial charge in [0.1, 0.15) is 0 Å². The number of rotatable bonds is 8. The molecule has 0 bridgehead atoms. The van der Waals surface area contributed by atoms with Crippen molar-refractivity contribution in [2.75, 3.05) is 19.4 Å². The number of hydrogen-bond acceptors (Lipinski definition) is 5. The number of aromatic nitrogens is 1. The number of nitrogens with one attached hydrogen (secondary N) is 2. The van der Waals surface area contributed by atoms with E-state index in [1.807, 2.05) is 24.0 Å². The van der Waals surface area contributed by atoms with Gasteiger partial charge >= 0.3 is 6.16 Å². The van der Waals surface area contributed by atoms with Gasteiger partial charge in [-0.05, 0) is 41.4 Å². The average molecular weight is 439 g/mol. The molecule has 2 heterocycles. The van der Waals surface area contributed by atoms with Crippen LogP contribution in [0.25, 0.3) is 16.5 Å². The first-order valence-electron chi connectivity index (χ1n) is 10.3. The van der Waals surface area contributed by atoms with E-state index in [9.17, 15) is 4.79 Å². The first-order valence-corrected chi connectivity index (χ1v) is 11.4. The number of H-pyrrole nitrogens is 1. The van der Waals surface area contributed by atoms with Gasteiger partial charge in [-0.25, -0.2) is 4.79 Å². The van der Waals surface area contributed by atoms with Crippen molar-refractivity contribution in [1.82, 2.24) is 10.3 Å². The van der Waals surface area contributed by atoms with Crippen molar-refractivity contribution in [3.8, 4) is 11.5 Å². The molecular weight excluding hydrogens is 412 g/mol. The Morgan fingerprint density at radius 2 is 2.06 bits per heavy atom. The Morgan fingerprint density at radius 3 is 2.84 bits per heavy atom. The van der Waals surface area contributed by atoms with Gasteiger partial charge in [0.05, 0.1) is 7.11 Å². The van der Waals surface area contributed by atoms with Gasteiger partial charge in [-0.3, -0.25) is 0 Å². The molecule has 1 atom stereocenters. The largest absolute Gasteiger partial charge is 0.511 e. The zero-order chi connectivity index (χ0) is 21.6. The lowest BCUT2D eigenvalue weighted by Crippen LogP contribution is -2.33. The minimum Gasteiger partial charge on any atom is -0.493 e. The Bertz CT molecular complexity index is 1080. The molecule has 162 valence electrons. The molecule has 1 aliphatic rings. The third-order valence-corrected chi connectivity index (χ3v) is 6.52. The van der Waals surface area contributed by atoms with E-state index in [4.69, 9.17) is 14.6 Å². The van der Waals surface area contributed by atoms with Gasteiger partial charge in [-0.2, -0.15) is 11.8 Å². The van der Waals surface area contributed by atoms with E-state index in [1.165, 1.54) is 23.8 Å². The fourth-order valence-electron chi connectivity index (χ4n) is 3.91. The van der Waals surface area contributed by atoms with Gasteiger partial charge in [0.25, 0.3) is 0 Å². The molecule has 1 aliphatic heterocycles. The number of carboxylic acid groups (broad SMARTS) is 1. The first-order chi connectivity index (χ1) is 15.1. The molecule has 1 unspecified atom stereocenters. The topological polar surface area (TPSA) is 83.6 Å². The lowest BCUT2D eigenvalue weighted by atomic mass is 9.94. The van der Waals surface area contributed by atoms with Crippen LogP contribution >= 0.6 is 11.8 Å².